The number of amides is 1. The highest BCUT2D eigenvalue weighted by Gasteiger charge is 2.22. The molecule has 0 bridgehead atoms. The normalized spacial score (nSPS) is 11.2. The van der Waals surface area contributed by atoms with Crippen LogP contribution in [0, 0.1) is 5.82 Å². The van der Waals surface area contributed by atoms with E-state index in [2.05, 4.69) is 17.1 Å². The van der Waals surface area contributed by atoms with Crippen LogP contribution in [0.5, 0.6) is 0 Å². The molecule has 4 rings (SSSR count). The Bertz CT molecular complexity index is 1170. The minimum Gasteiger partial charge on any atom is -0.308 e. The summed E-state index contributed by atoms with van der Waals surface area (Å²) in [5.74, 6) is -0.502. The Hall–Kier alpha value is -3.09. The molecule has 0 atom stereocenters. The van der Waals surface area contributed by atoms with E-state index in [1.807, 2.05) is 67.5 Å². The largest absolute Gasteiger partial charge is 0.308 e. The molecule has 4 nitrogen and oxygen atoms in total. The van der Waals surface area contributed by atoms with Crippen LogP contribution in [0.2, 0.25) is 0 Å². The van der Waals surface area contributed by atoms with Crippen molar-refractivity contribution in [3.63, 3.8) is 0 Å². The number of para-hydroxylation sites is 1. The Balaban J connectivity index is 1.60. The molecule has 0 N–H and O–H groups in total. The second kappa shape index (κ2) is 9.37. The van der Waals surface area contributed by atoms with Gasteiger partial charge in [0.1, 0.15) is 11.3 Å². The number of rotatable bonds is 7. The van der Waals surface area contributed by atoms with Gasteiger partial charge in [-0.2, -0.15) is 0 Å². The SMILES string of the molecule is CN(C)CCN(C(=O)c1ccc(Cc2ccccc2)cc1)c1nc2c(F)cccc2s1. The van der Waals surface area contributed by atoms with Gasteiger partial charge in [0.25, 0.3) is 5.91 Å². The van der Waals surface area contributed by atoms with Crippen LogP contribution >= 0.6 is 11.3 Å². The first-order valence-electron chi connectivity index (χ1n) is 10.2. The van der Waals surface area contributed by atoms with E-state index in [-0.39, 0.29) is 11.7 Å². The summed E-state index contributed by atoms with van der Waals surface area (Å²) in [7, 11) is 3.91. The first-order chi connectivity index (χ1) is 15.0. The molecule has 0 spiro atoms. The van der Waals surface area contributed by atoms with Crippen LogP contribution in [0.25, 0.3) is 10.2 Å². The number of anilines is 1. The fourth-order valence-corrected chi connectivity index (χ4v) is 4.36. The Morgan fingerprint density at radius 2 is 1.61 bits per heavy atom. The van der Waals surface area contributed by atoms with E-state index in [9.17, 15) is 9.18 Å². The highest BCUT2D eigenvalue weighted by molar-refractivity contribution is 7.22. The summed E-state index contributed by atoms with van der Waals surface area (Å²) in [5.41, 5.74) is 3.27. The average molecular weight is 434 g/mol. The van der Waals surface area contributed by atoms with E-state index >= 15 is 0 Å². The summed E-state index contributed by atoms with van der Waals surface area (Å²) in [6.45, 7) is 1.15. The number of hydrogen-bond donors (Lipinski definition) is 0. The number of halogens is 1. The van der Waals surface area contributed by atoms with Crippen LogP contribution in [0.4, 0.5) is 9.52 Å². The van der Waals surface area contributed by atoms with E-state index in [1.165, 1.54) is 23.0 Å². The van der Waals surface area contributed by atoms with Crippen LogP contribution in [-0.4, -0.2) is 43.0 Å². The maximum atomic E-state index is 14.2. The minimum absolute atomic E-state index is 0.132. The zero-order chi connectivity index (χ0) is 21.8. The quantitative estimate of drug-likeness (QED) is 0.400. The van der Waals surface area contributed by atoms with Crippen molar-refractivity contribution in [2.75, 3.05) is 32.1 Å². The second-order valence-corrected chi connectivity index (χ2v) is 8.71. The van der Waals surface area contributed by atoms with Gasteiger partial charge in [-0.1, -0.05) is 59.9 Å². The molecule has 31 heavy (non-hydrogen) atoms. The lowest BCUT2D eigenvalue weighted by Crippen LogP contribution is -2.36. The van der Waals surface area contributed by atoms with Crippen molar-refractivity contribution in [1.29, 1.82) is 0 Å². The predicted octanol–water partition coefficient (Wildman–Crippen LogP) is 5.23. The Morgan fingerprint density at radius 3 is 2.29 bits per heavy atom. The molecular formula is C25H24FN3OS. The van der Waals surface area contributed by atoms with E-state index in [4.69, 9.17) is 0 Å². The van der Waals surface area contributed by atoms with E-state index < -0.39 is 0 Å². The third kappa shape index (κ3) is 4.98. The lowest BCUT2D eigenvalue weighted by Gasteiger charge is -2.22. The van der Waals surface area contributed by atoms with Crippen molar-refractivity contribution in [1.82, 2.24) is 9.88 Å². The summed E-state index contributed by atoms with van der Waals surface area (Å²) in [5, 5.41) is 0.514. The number of aromatic nitrogens is 1. The Labute approximate surface area is 185 Å². The molecule has 158 valence electrons. The van der Waals surface area contributed by atoms with Gasteiger partial charge in [-0.25, -0.2) is 9.37 Å². The van der Waals surface area contributed by atoms with Crippen LogP contribution in [0.1, 0.15) is 21.5 Å². The molecule has 0 aliphatic heterocycles. The summed E-state index contributed by atoms with van der Waals surface area (Å²) in [4.78, 5) is 21.5. The Kier molecular flexibility index (Phi) is 6.39. The van der Waals surface area contributed by atoms with Gasteiger partial charge in [0.2, 0.25) is 0 Å². The molecule has 1 aromatic heterocycles. The van der Waals surface area contributed by atoms with Crippen molar-refractivity contribution in [3.05, 3.63) is 95.3 Å². The number of carbonyl (C=O) groups excluding carboxylic acids is 1. The van der Waals surface area contributed by atoms with Crippen molar-refractivity contribution in [3.8, 4) is 0 Å². The van der Waals surface area contributed by atoms with E-state index in [1.54, 1.807) is 11.0 Å². The molecule has 0 saturated heterocycles. The van der Waals surface area contributed by atoms with Crippen LogP contribution in [0.15, 0.2) is 72.8 Å². The highest BCUT2D eigenvalue weighted by atomic mass is 32.1. The lowest BCUT2D eigenvalue weighted by molar-refractivity contribution is 0.0985. The lowest BCUT2D eigenvalue weighted by atomic mass is 10.0. The highest BCUT2D eigenvalue weighted by Crippen LogP contribution is 2.31. The number of likely N-dealkylation sites (N-methyl/N-ethyl adjacent to an activating group) is 1. The van der Waals surface area contributed by atoms with Crippen molar-refractivity contribution in [2.45, 2.75) is 6.42 Å². The molecule has 1 heterocycles. The number of nitrogens with zero attached hydrogens (tertiary/aromatic N) is 3. The van der Waals surface area contributed by atoms with Gasteiger partial charge >= 0.3 is 0 Å². The number of hydrogen-bond acceptors (Lipinski definition) is 4. The van der Waals surface area contributed by atoms with Gasteiger partial charge in [0, 0.05) is 18.7 Å². The van der Waals surface area contributed by atoms with Crippen LogP contribution in [0.3, 0.4) is 0 Å². The standard InChI is InChI=1S/C25H24FN3OS/c1-28(2)15-16-29(25-27-23-21(26)9-6-10-22(23)31-25)24(30)20-13-11-19(12-14-20)17-18-7-4-3-5-8-18/h3-14H,15-17H2,1-2H3. The minimum atomic E-state index is -0.370. The van der Waals surface area contributed by atoms with Crippen molar-refractivity contribution < 1.29 is 9.18 Å². The van der Waals surface area contributed by atoms with Gasteiger partial charge in [-0.15, -0.1) is 0 Å². The fourth-order valence-electron chi connectivity index (χ4n) is 3.36. The second-order valence-electron chi connectivity index (χ2n) is 7.70. The third-order valence-electron chi connectivity index (χ3n) is 5.06. The predicted molar refractivity (Wildman–Crippen MR) is 125 cm³/mol. The monoisotopic (exact) mass is 433 g/mol. The molecule has 3 aromatic carbocycles. The molecule has 1 amide bonds. The summed E-state index contributed by atoms with van der Waals surface area (Å²) >= 11 is 1.33. The zero-order valence-corrected chi connectivity index (χ0v) is 18.4. The maximum absolute atomic E-state index is 14.2. The van der Waals surface area contributed by atoms with Gasteiger partial charge in [0.15, 0.2) is 5.13 Å². The first-order valence-corrected chi connectivity index (χ1v) is 11.0. The fraction of sp³-hybridized carbons (Fsp3) is 0.200. The number of thiazole rings is 1. The topological polar surface area (TPSA) is 36.4 Å². The molecular weight excluding hydrogens is 409 g/mol. The molecule has 0 saturated carbocycles. The first kappa shape index (κ1) is 21.2. The third-order valence-corrected chi connectivity index (χ3v) is 6.10. The average Bonchev–Trinajstić information content (AvgIpc) is 3.20. The summed E-state index contributed by atoms with van der Waals surface area (Å²) in [6, 6.07) is 22.8. The van der Waals surface area contributed by atoms with Gasteiger partial charge in [-0.05, 0) is 55.9 Å². The molecule has 0 aliphatic rings. The van der Waals surface area contributed by atoms with Gasteiger partial charge in [-0.3, -0.25) is 9.69 Å². The summed E-state index contributed by atoms with van der Waals surface area (Å²) in [6.07, 6.45) is 0.816. The van der Waals surface area contributed by atoms with E-state index in [0.29, 0.717) is 29.3 Å². The number of carbonyl (C=O) groups is 1. The molecule has 0 radical (unpaired) electrons. The number of benzene rings is 3. The molecule has 6 heteroatoms. The van der Waals surface area contributed by atoms with Crippen LogP contribution < -0.4 is 4.90 Å². The van der Waals surface area contributed by atoms with E-state index in [0.717, 1.165) is 16.7 Å². The number of fused-ring (bicyclic) bond motifs is 1. The van der Waals surface area contributed by atoms with Gasteiger partial charge in [0.05, 0.1) is 4.70 Å². The molecule has 0 unspecified atom stereocenters. The zero-order valence-electron chi connectivity index (χ0n) is 17.6. The maximum Gasteiger partial charge on any atom is 0.260 e. The van der Waals surface area contributed by atoms with Crippen molar-refractivity contribution >= 4 is 32.6 Å². The van der Waals surface area contributed by atoms with Crippen LogP contribution in [-0.2, 0) is 6.42 Å². The molecule has 0 fully saturated rings. The summed E-state index contributed by atoms with van der Waals surface area (Å²) < 4.78 is 14.9. The smallest absolute Gasteiger partial charge is 0.260 e. The Morgan fingerprint density at radius 1 is 0.903 bits per heavy atom. The van der Waals surface area contributed by atoms with Crippen molar-refractivity contribution in [2.24, 2.45) is 0 Å². The molecule has 4 aromatic rings. The molecule has 0 aliphatic carbocycles. The van der Waals surface area contributed by atoms with Gasteiger partial charge < -0.3 is 4.90 Å².